The minimum atomic E-state index is -0.783. The van der Waals surface area contributed by atoms with Crippen LogP contribution in [-0.2, 0) is 0 Å². The molecule has 0 unspecified atom stereocenters. The van der Waals surface area contributed by atoms with E-state index in [4.69, 9.17) is 10.4 Å². The zero-order chi connectivity index (χ0) is 9.14. The average molecular weight is 167 g/mol. The van der Waals surface area contributed by atoms with Gasteiger partial charge < -0.3 is 9.84 Å². The summed E-state index contributed by atoms with van der Waals surface area (Å²) in [4.78, 5) is 0. The van der Waals surface area contributed by atoms with Crippen molar-refractivity contribution < 1.29 is 14.2 Å². The number of phenolic OH excluding ortho intramolecular Hbond substituents is 1. The monoisotopic (exact) mass is 167 g/mol. The summed E-state index contributed by atoms with van der Waals surface area (Å²) in [5.41, 5.74) is -0.199. The third kappa shape index (κ3) is 1.30. The van der Waals surface area contributed by atoms with Crippen molar-refractivity contribution in [2.24, 2.45) is 0 Å². The van der Waals surface area contributed by atoms with Crippen molar-refractivity contribution in [2.75, 3.05) is 7.11 Å². The summed E-state index contributed by atoms with van der Waals surface area (Å²) in [6, 6.07) is 3.68. The Morgan fingerprint density at radius 1 is 1.58 bits per heavy atom. The molecule has 0 saturated carbocycles. The molecule has 0 spiro atoms. The quantitative estimate of drug-likeness (QED) is 0.688. The van der Waals surface area contributed by atoms with E-state index >= 15 is 0 Å². The molecule has 0 aromatic heterocycles. The Labute approximate surface area is 68.6 Å². The van der Waals surface area contributed by atoms with Crippen LogP contribution in [0.15, 0.2) is 12.1 Å². The topological polar surface area (TPSA) is 53.2 Å². The number of aromatic hydroxyl groups is 1. The Bertz CT molecular complexity index is 344. The molecule has 62 valence electrons. The highest BCUT2D eigenvalue weighted by molar-refractivity contribution is 5.48. The molecule has 0 saturated heterocycles. The highest BCUT2D eigenvalue weighted by Crippen LogP contribution is 2.25. The Morgan fingerprint density at radius 2 is 2.25 bits per heavy atom. The molecule has 1 aromatic carbocycles. The molecule has 1 aromatic rings. The van der Waals surface area contributed by atoms with Gasteiger partial charge in [0, 0.05) is 12.1 Å². The van der Waals surface area contributed by atoms with Crippen molar-refractivity contribution >= 4 is 0 Å². The van der Waals surface area contributed by atoms with Crippen molar-refractivity contribution in [3.8, 4) is 17.6 Å². The lowest BCUT2D eigenvalue weighted by atomic mass is 10.2. The van der Waals surface area contributed by atoms with Crippen molar-refractivity contribution in [3.05, 3.63) is 23.5 Å². The second kappa shape index (κ2) is 3.09. The molecule has 0 aliphatic rings. The highest BCUT2D eigenvalue weighted by Gasteiger charge is 2.10. The maximum Gasteiger partial charge on any atom is 0.148 e. The van der Waals surface area contributed by atoms with Gasteiger partial charge in [0.15, 0.2) is 0 Å². The van der Waals surface area contributed by atoms with Gasteiger partial charge in [-0.25, -0.2) is 4.39 Å². The molecule has 0 radical (unpaired) electrons. The first-order valence-corrected chi connectivity index (χ1v) is 3.15. The minimum absolute atomic E-state index is 0.0370. The predicted molar refractivity (Wildman–Crippen MR) is 39.3 cm³/mol. The van der Waals surface area contributed by atoms with Gasteiger partial charge in [-0.15, -0.1) is 0 Å². The molecule has 4 heteroatoms. The van der Waals surface area contributed by atoms with Gasteiger partial charge in [0.25, 0.3) is 0 Å². The van der Waals surface area contributed by atoms with E-state index < -0.39 is 5.82 Å². The summed E-state index contributed by atoms with van der Waals surface area (Å²) in [6.45, 7) is 0. The second-order valence-electron chi connectivity index (χ2n) is 2.12. The van der Waals surface area contributed by atoms with Crippen LogP contribution >= 0.6 is 0 Å². The smallest absolute Gasteiger partial charge is 0.148 e. The number of nitrogens with zero attached hydrogens (tertiary/aromatic N) is 1. The third-order valence-corrected chi connectivity index (χ3v) is 1.37. The number of phenols is 1. The molecule has 12 heavy (non-hydrogen) atoms. The first-order valence-electron chi connectivity index (χ1n) is 3.15. The number of nitriles is 1. The molecule has 0 amide bonds. The van der Waals surface area contributed by atoms with Crippen LogP contribution in [0.2, 0.25) is 0 Å². The highest BCUT2D eigenvalue weighted by atomic mass is 19.1. The van der Waals surface area contributed by atoms with Gasteiger partial charge in [-0.3, -0.25) is 0 Å². The summed E-state index contributed by atoms with van der Waals surface area (Å²) in [6.07, 6.45) is 0. The Morgan fingerprint density at radius 3 is 2.75 bits per heavy atom. The molecular weight excluding hydrogens is 161 g/mol. The van der Waals surface area contributed by atoms with Crippen LogP contribution < -0.4 is 4.74 Å². The summed E-state index contributed by atoms with van der Waals surface area (Å²) < 4.78 is 17.5. The number of benzene rings is 1. The molecule has 1 N–H and O–H groups in total. The summed E-state index contributed by atoms with van der Waals surface area (Å²) >= 11 is 0. The fraction of sp³-hybridized carbons (Fsp3) is 0.125. The number of hydrogen-bond donors (Lipinski definition) is 1. The van der Waals surface area contributed by atoms with E-state index in [0.29, 0.717) is 0 Å². The molecule has 0 aliphatic heterocycles. The summed E-state index contributed by atoms with van der Waals surface area (Å²) in [7, 11) is 1.30. The molecule has 0 fully saturated rings. The maximum atomic E-state index is 12.8. The molecule has 3 nitrogen and oxygen atoms in total. The SMILES string of the molecule is COc1cc(O)cc(F)c1C#N. The maximum absolute atomic E-state index is 12.8. The first-order chi connectivity index (χ1) is 5.69. The standard InChI is InChI=1S/C8H6FNO2/c1-12-8-3-5(11)2-7(9)6(8)4-10/h2-3,11H,1H3. The fourth-order valence-corrected chi connectivity index (χ4v) is 0.837. The van der Waals surface area contributed by atoms with Crippen molar-refractivity contribution in [1.29, 1.82) is 5.26 Å². The molecule has 0 aliphatic carbocycles. The fourth-order valence-electron chi connectivity index (χ4n) is 0.837. The van der Waals surface area contributed by atoms with E-state index in [1.807, 2.05) is 0 Å². The van der Waals surface area contributed by atoms with E-state index in [1.165, 1.54) is 13.2 Å². The number of ether oxygens (including phenoxy) is 1. The van der Waals surface area contributed by atoms with Crippen LogP contribution in [0.5, 0.6) is 11.5 Å². The van der Waals surface area contributed by atoms with E-state index in [9.17, 15) is 4.39 Å². The Balaban J connectivity index is 3.36. The molecule has 1 rings (SSSR count). The molecule has 0 bridgehead atoms. The van der Waals surface area contributed by atoms with Gasteiger partial charge >= 0.3 is 0 Å². The van der Waals surface area contributed by atoms with Crippen molar-refractivity contribution in [3.63, 3.8) is 0 Å². The number of halogens is 1. The van der Waals surface area contributed by atoms with Gasteiger partial charge in [-0.1, -0.05) is 0 Å². The largest absolute Gasteiger partial charge is 0.508 e. The lowest BCUT2D eigenvalue weighted by molar-refractivity contribution is 0.400. The van der Waals surface area contributed by atoms with Gasteiger partial charge in [0.1, 0.15) is 28.9 Å². The number of rotatable bonds is 1. The van der Waals surface area contributed by atoms with Gasteiger partial charge in [0.2, 0.25) is 0 Å². The Hall–Kier alpha value is -1.76. The molecule has 0 atom stereocenters. The average Bonchev–Trinajstić information content (AvgIpc) is 2.03. The zero-order valence-corrected chi connectivity index (χ0v) is 6.34. The van der Waals surface area contributed by atoms with E-state index in [0.717, 1.165) is 6.07 Å². The first kappa shape index (κ1) is 8.34. The number of methoxy groups -OCH3 is 1. The van der Waals surface area contributed by atoms with E-state index in [-0.39, 0.29) is 17.1 Å². The number of hydrogen-bond acceptors (Lipinski definition) is 3. The van der Waals surface area contributed by atoms with E-state index in [2.05, 4.69) is 4.74 Å². The second-order valence-corrected chi connectivity index (χ2v) is 2.12. The predicted octanol–water partition coefficient (Wildman–Crippen LogP) is 1.41. The third-order valence-electron chi connectivity index (χ3n) is 1.37. The van der Waals surface area contributed by atoms with Crippen LogP contribution in [-0.4, -0.2) is 12.2 Å². The molecular formula is C8H6FNO2. The van der Waals surface area contributed by atoms with Crippen molar-refractivity contribution in [1.82, 2.24) is 0 Å². The van der Waals surface area contributed by atoms with Gasteiger partial charge in [-0.05, 0) is 0 Å². The minimum Gasteiger partial charge on any atom is -0.508 e. The van der Waals surface area contributed by atoms with Gasteiger partial charge in [-0.2, -0.15) is 5.26 Å². The molecule has 0 heterocycles. The normalized spacial score (nSPS) is 9.08. The van der Waals surface area contributed by atoms with Crippen LogP contribution in [0, 0.1) is 17.1 Å². The lowest BCUT2D eigenvalue weighted by Crippen LogP contribution is -1.91. The van der Waals surface area contributed by atoms with Crippen LogP contribution in [0.3, 0.4) is 0 Å². The van der Waals surface area contributed by atoms with Crippen LogP contribution in [0.1, 0.15) is 5.56 Å². The van der Waals surface area contributed by atoms with Crippen LogP contribution in [0.4, 0.5) is 4.39 Å². The summed E-state index contributed by atoms with van der Waals surface area (Å²) in [5.74, 6) is -1.01. The van der Waals surface area contributed by atoms with Crippen molar-refractivity contribution in [2.45, 2.75) is 0 Å². The van der Waals surface area contributed by atoms with Gasteiger partial charge in [0.05, 0.1) is 7.11 Å². The zero-order valence-electron chi connectivity index (χ0n) is 6.34. The Kier molecular flexibility index (Phi) is 2.15. The van der Waals surface area contributed by atoms with E-state index in [1.54, 1.807) is 6.07 Å². The van der Waals surface area contributed by atoms with Crippen LogP contribution in [0.25, 0.3) is 0 Å². The lowest BCUT2D eigenvalue weighted by Gasteiger charge is -2.03. The summed E-state index contributed by atoms with van der Waals surface area (Å²) in [5, 5.41) is 17.4.